The Labute approximate surface area is 242 Å². The number of Topliss-reactive ketones (excluding diaryl/α,β-unsaturated/α-hetero) is 1. The van der Waals surface area contributed by atoms with Gasteiger partial charge in [-0.05, 0) is 60.2 Å². The highest BCUT2D eigenvalue weighted by atomic mass is 127. The summed E-state index contributed by atoms with van der Waals surface area (Å²) in [6.07, 6.45) is 1.55. The van der Waals surface area contributed by atoms with Crippen molar-refractivity contribution in [1.29, 1.82) is 0 Å². The van der Waals surface area contributed by atoms with E-state index in [0.29, 0.717) is 11.3 Å². The lowest BCUT2D eigenvalue weighted by Crippen LogP contribution is -2.44. The Hall–Kier alpha value is -3.31. The fraction of sp³-hybridized carbons (Fsp3) is 0.292. The molecule has 1 amide bonds. The molecule has 3 rings (SSSR count). The summed E-state index contributed by atoms with van der Waals surface area (Å²) in [5.41, 5.74) is 5.56. The molecule has 1 unspecified atom stereocenters. The fourth-order valence-corrected chi connectivity index (χ4v) is 6.12. The molecule has 2 heterocycles. The first kappa shape index (κ1) is 30.2. The number of thiazole rings is 1. The van der Waals surface area contributed by atoms with Gasteiger partial charge in [0.25, 0.3) is 5.56 Å². The van der Waals surface area contributed by atoms with Crippen molar-refractivity contribution < 1.29 is 22.8 Å². The Bertz CT molecular complexity index is 1520. The summed E-state index contributed by atoms with van der Waals surface area (Å²) in [6.45, 7) is 2.70. The van der Waals surface area contributed by atoms with E-state index in [0.717, 1.165) is 19.5 Å². The number of aryl methyl sites for hydroxylation is 1. The number of nitrogens with two attached hydrogens (primary N) is 1. The average molecular weight is 687 g/mol. The van der Waals surface area contributed by atoms with E-state index in [1.807, 2.05) is 22.6 Å². The predicted octanol–water partition coefficient (Wildman–Crippen LogP) is 2.23. The van der Waals surface area contributed by atoms with Crippen molar-refractivity contribution in [2.75, 3.05) is 11.3 Å². The number of hydrogen-bond acceptors (Lipinski definition) is 9. The maximum atomic E-state index is 13.1. The number of carbonyl (C=O) groups excluding carboxylic acids is 2. The SMILES string of the molecule is C/C(N)=N\OCCC(NC(=O)Cn1c(C)ccc(NS(=O)(=O)Cc2ccccc2I)c1=O)C(=O)c1nccs1. The Morgan fingerprint density at radius 2 is 2.00 bits per heavy atom. The van der Waals surface area contributed by atoms with Crippen molar-refractivity contribution in [3.05, 3.63) is 78.2 Å². The van der Waals surface area contributed by atoms with Crippen LogP contribution in [0.4, 0.5) is 5.69 Å². The smallest absolute Gasteiger partial charge is 0.275 e. The number of nitrogens with one attached hydrogen (secondary N) is 2. The number of amidine groups is 1. The van der Waals surface area contributed by atoms with Gasteiger partial charge in [0.05, 0.1) is 11.8 Å². The molecule has 39 heavy (non-hydrogen) atoms. The van der Waals surface area contributed by atoms with E-state index in [9.17, 15) is 22.8 Å². The minimum atomic E-state index is -3.92. The predicted molar refractivity (Wildman–Crippen MR) is 157 cm³/mol. The van der Waals surface area contributed by atoms with Gasteiger partial charge in [-0.15, -0.1) is 11.3 Å². The molecule has 0 aliphatic carbocycles. The van der Waals surface area contributed by atoms with Gasteiger partial charge in [-0.3, -0.25) is 19.1 Å². The summed E-state index contributed by atoms with van der Waals surface area (Å²) in [5.74, 6) is -1.18. The molecule has 0 aliphatic heterocycles. The normalized spacial score (nSPS) is 12.5. The molecular formula is C24H27IN6O6S2. The van der Waals surface area contributed by atoms with Gasteiger partial charge >= 0.3 is 0 Å². The zero-order valence-corrected chi connectivity index (χ0v) is 24.9. The maximum Gasteiger partial charge on any atom is 0.275 e. The van der Waals surface area contributed by atoms with Gasteiger partial charge in [0, 0.05) is 27.3 Å². The van der Waals surface area contributed by atoms with Crippen molar-refractivity contribution in [3.63, 3.8) is 0 Å². The van der Waals surface area contributed by atoms with E-state index in [2.05, 4.69) is 20.2 Å². The Morgan fingerprint density at radius 3 is 2.67 bits per heavy atom. The van der Waals surface area contributed by atoms with Crippen molar-refractivity contribution in [2.45, 2.75) is 38.6 Å². The maximum absolute atomic E-state index is 13.1. The molecule has 0 aliphatic rings. The van der Waals surface area contributed by atoms with Crippen molar-refractivity contribution in [3.8, 4) is 0 Å². The van der Waals surface area contributed by atoms with Crippen molar-refractivity contribution >= 4 is 67.2 Å². The molecule has 0 saturated carbocycles. The molecule has 12 nitrogen and oxygen atoms in total. The third-order valence-corrected chi connectivity index (χ3v) is 8.33. The molecule has 15 heteroatoms. The lowest BCUT2D eigenvalue weighted by Gasteiger charge is -2.18. The number of benzene rings is 1. The first-order chi connectivity index (χ1) is 18.5. The van der Waals surface area contributed by atoms with E-state index in [-0.39, 0.29) is 35.3 Å². The molecule has 0 saturated heterocycles. The lowest BCUT2D eigenvalue weighted by molar-refractivity contribution is -0.122. The van der Waals surface area contributed by atoms with Crippen molar-refractivity contribution in [2.24, 2.45) is 10.9 Å². The Morgan fingerprint density at radius 1 is 1.26 bits per heavy atom. The summed E-state index contributed by atoms with van der Waals surface area (Å²) >= 11 is 3.17. The monoisotopic (exact) mass is 686 g/mol. The van der Waals surface area contributed by atoms with Crippen LogP contribution in [-0.4, -0.2) is 48.1 Å². The van der Waals surface area contributed by atoms with Crippen LogP contribution in [0.25, 0.3) is 0 Å². The van der Waals surface area contributed by atoms with E-state index in [4.69, 9.17) is 10.6 Å². The standard InChI is InChI=1S/C24H27IN6O6S2/c1-15-7-8-20(30-39(35,36)14-17-5-3-4-6-18(17)25)24(34)31(15)13-21(32)28-19(9-11-37-29-16(2)26)22(33)23-27-10-12-38-23/h3-8,10,12,19,30H,9,11,13-14H2,1-2H3,(H2,26,29)(H,28,32). The van der Waals surface area contributed by atoms with Gasteiger partial charge in [-0.25, -0.2) is 13.4 Å². The van der Waals surface area contributed by atoms with Crippen LogP contribution in [0.15, 0.2) is 57.9 Å². The number of nitrogens with zero attached hydrogens (tertiary/aromatic N) is 3. The largest absolute Gasteiger partial charge is 0.394 e. The van der Waals surface area contributed by atoms with E-state index < -0.39 is 39.9 Å². The third-order valence-electron chi connectivity index (χ3n) is 5.26. The van der Waals surface area contributed by atoms with Crippen LogP contribution in [0.1, 0.15) is 34.4 Å². The zero-order chi connectivity index (χ0) is 28.6. The van der Waals surface area contributed by atoms with Gasteiger partial charge in [-0.1, -0.05) is 23.4 Å². The van der Waals surface area contributed by atoms with Gasteiger partial charge in [0.1, 0.15) is 24.7 Å². The highest BCUT2D eigenvalue weighted by Gasteiger charge is 2.25. The number of carbonyl (C=O) groups is 2. The minimum absolute atomic E-state index is 0.00675. The summed E-state index contributed by atoms with van der Waals surface area (Å²) in [6, 6.07) is 8.89. The number of amides is 1. The molecule has 2 aromatic heterocycles. The summed E-state index contributed by atoms with van der Waals surface area (Å²) in [7, 11) is -3.92. The average Bonchev–Trinajstić information content (AvgIpc) is 3.41. The van der Waals surface area contributed by atoms with Crippen LogP contribution >= 0.6 is 33.9 Å². The Balaban J connectivity index is 1.75. The molecule has 0 fully saturated rings. The van der Waals surface area contributed by atoms with Crippen LogP contribution in [0, 0.1) is 10.5 Å². The van der Waals surface area contributed by atoms with E-state index in [1.165, 1.54) is 25.3 Å². The molecule has 0 spiro atoms. The highest BCUT2D eigenvalue weighted by Crippen LogP contribution is 2.16. The zero-order valence-electron chi connectivity index (χ0n) is 21.1. The van der Waals surface area contributed by atoms with Gasteiger partial charge in [0.2, 0.25) is 21.7 Å². The van der Waals surface area contributed by atoms with E-state index in [1.54, 1.807) is 36.6 Å². The van der Waals surface area contributed by atoms with Crippen LogP contribution in [-0.2, 0) is 32.0 Å². The summed E-state index contributed by atoms with van der Waals surface area (Å²) in [4.78, 5) is 48.1. The molecule has 1 aromatic carbocycles. The molecule has 0 radical (unpaired) electrons. The molecule has 1 atom stereocenters. The Kier molecular flexibility index (Phi) is 10.6. The first-order valence-electron chi connectivity index (χ1n) is 11.6. The second-order valence-electron chi connectivity index (χ2n) is 8.41. The first-order valence-corrected chi connectivity index (χ1v) is 15.2. The molecule has 4 N–H and O–H groups in total. The van der Waals surface area contributed by atoms with Crippen LogP contribution < -0.4 is 21.3 Å². The second-order valence-corrected chi connectivity index (χ2v) is 12.2. The number of oxime groups is 1. The third kappa shape index (κ3) is 8.86. The molecule has 0 bridgehead atoms. The number of ketones is 1. The number of halogens is 1. The van der Waals surface area contributed by atoms with E-state index >= 15 is 0 Å². The second kappa shape index (κ2) is 13.7. The molecule has 3 aromatic rings. The fourth-order valence-electron chi connectivity index (χ4n) is 3.43. The van der Waals surface area contributed by atoms with Crippen LogP contribution in [0.3, 0.4) is 0 Å². The van der Waals surface area contributed by atoms with Crippen LogP contribution in [0.2, 0.25) is 0 Å². The van der Waals surface area contributed by atoms with Crippen molar-refractivity contribution in [1.82, 2.24) is 14.9 Å². The minimum Gasteiger partial charge on any atom is -0.394 e. The summed E-state index contributed by atoms with van der Waals surface area (Å²) < 4.78 is 29.8. The number of rotatable bonds is 13. The summed E-state index contributed by atoms with van der Waals surface area (Å²) in [5, 5.41) is 8.08. The number of aromatic nitrogens is 2. The highest BCUT2D eigenvalue weighted by molar-refractivity contribution is 14.1. The number of sulfonamides is 1. The van der Waals surface area contributed by atoms with Gasteiger partial charge < -0.3 is 20.5 Å². The molecule has 208 valence electrons. The number of anilines is 1. The van der Waals surface area contributed by atoms with Crippen LogP contribution in [0.5, 0.6) is 0 Å². The number of hydrogen-bond donors (Lipinski definition) is 3. The number of pyridine rings is 1. The van der Waals surface area contributed by atoms with Gasteiger partial charge in [-0.2, -0.15) is 0 Å². The quantitative estimate of drug-likeness (QED) is 0.0613. The topological polar surface area (TPSA) is 175 Å². The molecular weight excluding hydrogens is 659 g/mol. The van der Waals surface area contributed by atoms with Gasteiger partial charge in [0.15, 0.2) is 5.01 Å². The lowest BCUT2D eigenvalue weighted by atomic mass is 10.1.